The van der Waals surface area contributed by atoms with Crippen LogP contribution in [0.2, 0.25) is 0 Å². The van der Waals surface area contributed by atoms with Crippen molar-refractivity contribution in [3.63, 3.8) is 0 Å². The number of carboxylic acids is 1. The van der Waals surface area contributed by atoms with Crippen LogP contribution < -0.4 is 5.32 Å². The van der Waals surface area contributed by atoms with Crippen LogP contribution in [0.5, 0.6) is 0 Å². The first kappa shape index (κ1) is 18.4. The number of carboxylic acid groups (broad SMARTS) is 1. The first-order valence-electron chi connectivity index (χ1n) is 7.96. The molecule has 1 unspecified atom stereocenters. The SMILES string of the molecule is CC(C)CC(S)C(=O)N[C@H]1CCS[C@H]2CC[C@@H](C(=O)O)N2C1=O. The monoisotopic (exact) mass is 360 g/mol. The van der Waals surface area contributed by atoms with E-state index in [0.29, 0.717) is 31.6 Å². The predicted molar refractivity (Wildman–Crippen MR) is 92.5 cm³/mol. The van der Waals surface area contributed by atoms with E-state index in [4.69, 9.17) is 0 Å². The number of nitrogens with zero attached hydrogens (tertiary/aromatic N) is 1. The van der Waals surface area contributed by atoms with Crippen LogP contribution in [0.1, 0.15) is 39.5 Å². The van der Waals surface area contributed by atoms with E-state index >= 15 is 0 Å². The second kappa shape index (κ2) is 7.79. The molecule has 0 spiro atoms. The summed E-state index contributed by atoms with van der Waals surface area (Å²) in [7, 11) is 0. The number of fused-ring (bicyclic) bond motifs is 1. The predicted octanol–water partition coefficient (Wildman–Crippen LogP) is 1.35. The van der Waals surface area contributed by atoms with Crippen LogP contribution in [0, 0.1) is 5.92 Å². The van der Waals surface area contributed by atoms with Crippen molar-refractivity contribution < 1.29 is 19.5 Å². The van der Waals surface area contributed by atoms with Crippen LogP contribution in [0.4, 0.5) is 0 Å². The lowest BCUT2D eigenvalue weighted by Gasteiger charge is -2.29. The van der Waals surface area contributed by atoms with Crippen LogP contribution >= 0.6 is 24.4 Å². The van der Waals surface area contributed by atoms with E-state index in [-0.39, 0.29) is 17.2 Å². The third kappa shape index (κ3) is 4.35. The van der Waals surface area contributed by atoms with E-state index in [9.17, 15) is 19.5 Å². The zero-order chi connectivity index (χ0) is 17.1. The molecule has 23 heavy (non-hydrogen) atoms. The molecule has 2 fully saturated rings. The maximum absolute atomic E-state index is 12.7. The quantitative estimate of drug-likeness (QED) is 0.645. The molecule has 0 radical (unpaired) electrons. The Morgan fingerprint density at radius 1 is 1.39 bits per heavy atom. The van der Waals surface area contributed by atoms with Gasteiger partial charge in [0.25, 0.3) is 0 Å². The highest BCUT2D eigenvalue weighted by molar-refractivity contribution is 7.99. The van der Waals surface area contributed by atoms with E-state index in [1.807, 2.05) is 13.8 Å². The Kier molecular flexibility index (Phi) is 6.25. The average Bonchev–Trinajstić information content (AvgIpc) is 2.82. The fraction of sp³-hybridized carbons (Fsp3) is 0.800. The minimum absolute atomic E-state index is 0.0898. The molecule has 2 aliphatic rings. The minimum atomic E-state index is -0.972. The summed E-state index contributed by atoms with van der Waals surface area (Å²) in [6, 6.07) is -1.43. The molecule has 4 atom stereocenters. The zero-order valence-electron chi connectivity index (χ0n) is 13.4. The highest BCUT2D eigenvalue weighted by Crippen LogP contribution is 2.35. The van der Waals surface area contributed by atoms with E-state index in [2.05, 4.69) is 17.9 Å². The molecule has 2 N–H and O–H groups in total. The normalized spacial score (nSPS) is 29.1. The Morgan fingerprint density at radius 2 is 2.09 bits per heavy atom. The summed E-state index contributed by atoms with van der Waals surface area (Å²) >= 11 is 5.91. The number of rotatable bonds is 5. The topological polar surface area (TPSA) is 86.7 Å². The molecule has 0 aromatic rings. The summed E-state index contributed by atoms with van der Waals surface area (Å²) in [6.45, 7) is 4.02. The minimum Gasteiger partial charge on any atom is -0.480 e. The highest BCUT2D eigenvalue weighted by atomic mass is 32.2. The molecule has 8 heteroatoms. The molecule has 0 bridgehead atoms. The molecule has 0 aromatic carbocycles. The van der Waals surface area contributed by atoms with Gasteiger partial charge in [0.2, 0.25) is 11.8 Å². The summed E-state index contributed by atoms with van der Waals surface area (Å²) in [6.07, 6.45) is 2.32. The molecule has 130 valence electrons. The summed E-state index contributed by atoms with van der Waals surface area (Å²) in [5.41, 5.74) is 0. The maximum atomic E-state index is 12.7. The number of thioether (sulfide) groups is 1. The van der Waals surface area contributed by atoms with Gasteiger partial charge in [-0.25, -0.2) is 4.79 Å². The van der Waals surface area contributed by atoms with Crippen LogP contribution in [-0.4, -0.2) is 56.3 Å². The van der Waals surface area contributed by atoms with E-state index in [1.165, 1.54) is 4.90 Å². The van der Waals surface area contributed by atoms with Gasteiger partial charge in [-0.05, 0) is 37.4 Å². The van der Waals surface area contributed by atoms with Crippen molar-refractivity contribution in [1.82, 2.24) is 10.2 Å². The van der Waals surface area contributed by atoms with Crippen molar-refractivity contribution in [3.05, 3.63) is 0 Å². The molecule has 6 nitrogen and oxygen atoms in total. The van der Waals surface area contributed by atoms with Crippen LogP contribution in [0.25, 0.3) is 0 Å². The van der Waals surface area contributed by atoms with E-state index in [0.717, 1.165) is 5.75 Å². The third-order valence-electron chi connectivity index (χ3n) is 4.20. The number of nitrogens with one attached hydrogen (secondary N) is 1. The lowest BCUT2D eigenvalue weighted by atomic mass is 10.1. The number of amides is 2. The molecular weight excluding hydrogens is 336 g/mol. The fourth-order valence-corrected chi connectivity index (χ4v) is 4.92. The lowest BCUT2D eigenvalue weighted by Crippen LogP contribution is -2.53. The Hall–Kier alpha value is -0.890. The van der Waals surface area contributed by atoms with Gasteiger partial charge >= 0.3 is 5.97 Å². The molecule has 2 heterocycles. The largest absolute Gasteiger partial charge is 0.480 e. The van der Waals surface area contributed by atoms with Crippen LogP contribution in [0.15, 0.2) is 0 Å². The van der Waals surface area contributed by atoms with Gasteiger partial charge in [0.05, 0.1) is 10.6 Å². The number of carbonyl (C=O) groups is 3. The summed E-state index contributed by atoms with van der Waals surface area (Å²) in [5, 5.41) is 11.5. The molecule has 0 aliphatic carbocycles. The summed E-state index contributed by atoms with van der Waals surface area (Å²) in [5.74, 6) is -0.437. The summed E-state index contributed by atoms with van der Waals surface area (Å²) < 4.78 is 0. The highest BCUT2D eigenvalue weighted by Gasteiger charge is 2.45. The van der Waals surface area contributed by atoms with Gasteiger partial charge < -0.3 is 15.3 Å². The molecule has 2 amide bonds. The average molecular weight is 361 g/mol. The van der Waals surface area contributed by atoms with Crippen molar-refractivity contribution >= 4 is 42.2 Å². The van der Waals surface area contributed by atoms with Crippen molar-refractivity contribution in [3.8, 4) is 0 Å². The van der Waals surface area contributed by atoms with Crippen molar-refractivity contribution in [2.24, 2.45) is 5.92 Å². The van der Waals surface area contributed by atoms with Crippen molar-refractivity contribution in [1.29, 1.82) is 0 Å². The number of aliphatic carboxylic acids is 1. The molecule has 0 saturated carbocycles. The van der Waals surface area contributed by atoms with Crippen LogP contribution in [-0.2, 0) is 14.4 Å². The molecule has 2 aliphatic heterocycles. The summed E-state index contributed by atoms with van der Waals surface area (Å²) in [4.78, 5) is 37.8. The van der Waals surface area contributed by atoms with E-state index in [1.54, 1.807) is 11.8 Å². The first-order valence-corrected chi connectivity index (χ1v) is 9.52. The second-order valence-electron chi connectivity index (χ2n) is 6.50. The molecule has 0 aromatic heterocycles. The Balaban J connectivity index is 2.06. The van der Waals surface area contributed by atoms with Gasteiger partial charge in [-0.15, -0.1) is 11.8 Å². The smallest absolute Gasteiger partial charge is 0.326 e. The standard InChI is InChI=1S/C15H24N2O4S2/c1-8(2)7-11(22)13(18)16-9-5-6-23-12-4-3-10(15(20)21)17(12)14(9)19/h8-12,22H,3-7H2,1-2H3,(H,16,18)(H,20,21)/t9-,10-,11?,12-/m0/s1. The fourth-order valence-electron chi connectivity index (χ4n) is 3.06. The number of hydrogen-bond donors (Lipinski definition) is 3. The maximum Gasteiger partial charge on any atom is 0.326 e. The van der Waals surface area contributed by atoms with Crippen LogP contribution in [0.3, 0.4) is 0 Å². The number of thiol groups is 1. The van der Waals surface area contributed by atoms with E-state index < -0.39 is 23.3 Å². The van der Waals surface area contributed by atoms with Gasteiger partial charge in [0.1, 0.15) is 12.1 Å². The molecule has 2 saturated heterocycles. The van der Waals surface area contributed by atoms with Gasteiger partial charge in [-0.2, -0.15) is 12.6 Å². The zero-order valence-corrected chi connectivity index (χ0v) is 15.1. The molecule has 2 rings (SSSR count). The van der Waals surface area contributed by atoms with Gasteiger partial charge in [0.15, 0.2) is 0 Å². The number of hydrogen-bond acceptors (Lipinski definition) is 5. The Morgan fingerprint density at radius 3 is 2.70 bits per heavy atom. The number of carbonyl (C=O) groups excluding carboxylic acids is 2. The van der Waals surface area contributed by atoms with Gasteiger partial charge in [-0.1, -0.05) is 13.8 Å². The van der Waals surface area contributed by atoms with Crippen molar-refractivity contribution in [2.45, 2.75) is 62.2 Å². The Labute approximate surface area is 146 Å². The molecular formula is C15H24N2O4S2. The second-order valence-corrected chi connectivity index (χ2v) is 8.41. The lowest BCUT2D eigenvalue weighted by molar-refractivity contribution is -0.149. The Bertz CT molecular complexity index is 486. The first-order chi connectivity index (χ1) is 10.8. The van der Waals surface area contributed by atoms with Gasteiger partial charge in [-0.3, -0.25) is 9.59 Å². The van der Waals surface area contributed by atoms with Gasteiger partial charge in [0, 0.05) is 0 Å². The third-order valence-corrected chi connectivity index (χ3v) is 5.97. The van der Waals surface area contributed by atoms with Crippen molar-refractivity contribution in [2.75, 3.05) is 5.75 Å².